The van der Waals surface area contributed by atoms with E-state index < -0.39 is 0 Å². The summed E-state index contributed by atoms with van der Waals surface area (Å²) in [6.45, 7) is 3.49. The molecule has 1 rings (SSSR count). The highest BCUT2D eigenvalue weighted by Crippen LogP contribution is 2.23. The molecule has 1 aromatic carbocycles. The molecule has 0 spiro atoms. The highest BCUT2D eigenvalue weighted by molar-refractivity contribution is 6.01. The lowest BCUT2D eigenvalue weighted by Gasteiger charge is -2.07. The van der Waals surface area contributed by atoms with Crippen LogP contribution in [0.5, 0.6) is 5.75 Å². The molecule has 3 nitrogen and oxygen atoms in total. The SMILES string of the molecule is CC(C)C(=O)c1cccc(C=O)c1O. The molecule has 3 heteroatoms. The number of hydrogen-bond acceptors (Lipinski definition) is 3. The van der Waals surface area contributed by atoms with Gasteiger partial charge in [-0.25, -0.2) is 0 Å². The molecule has 0 atom stereocenters. The minimum atomic E-state index is -0.221. The summed E-state index contributed by atoms with van der Waals surface area (Å²) >= 11 is 0. The lowest BCUT2D eigenvalue weighted by Crippen LogP contribution is -2.08. The number of phenols is 1. The Morgan fingerprint density at radius 1 is 1.43 bits per heavy atom. The van der Waals surface area contributed by atoms with Gasteiger partial charge in [0.25, 0.3) is 0 Å². The van der Waals surface area contributed by atoms with Gasteiger partial charge in [-0.15, -0.1) is 0 Å². The van der Waals surface area contributed by atoms with Crippen LogP contribution in [-0.2, 0) is 0 Å². The number of rotatable bonds is 3. The maximum atomic E-state index is 11.6. The van der Waals surface area contributed by atoms with E-state index in [0.29, 0.717) is 6.29 Å². The first-order valence-electron chi connectivity index (χ1n) is 4.39. The van der Waals surface area contributed by atoms with E-state index in [1.807, 2.05) is 0 Å². The van der Waals surface area contributed by atoms with Crippen molar-refractivity contribution in [1.29, 1.82) is 0 Å². The number of phenolic OH excluding ortho intramolecular Hbond substituents is 1. The number of hydrogen-bond donors (Lipinski definition) is 1. The second-order valence-electron chi connectivity index (χ2n) is 3.38. The van der Waals surface area contributed by atoms with E-state index in [9.17, 15) is 14.7 Å². The van der Waals surface area contributed by atoms with Crippen LogP contribution in [0, 0.1) is 5.92 Å². The highest BCUT2D eigenvalue weighted by atomic mass is 16.3. The third kappa shape index (κ3) is 1.82. The molecule has 1 N–H and O–H groups in total. The second kappa shape index (κ2) is 4.05. The summed E-state index contributed by atoms with van der Waals surface area (Å²) in [4.78, 5) is 22.1. The van der Waals surface area contributed by atoms with Gasteiger partial charge in [0.1, 0.15) is 5.75 Å². The van der Waals surface area contributed by atoms with Crippen LogP contribution in [0.15, 0.2) is 18.2 Å². The average molecular weight is 192 g/mol. The zero-order valence-corrected chi connectivity index (χ0v) is 8.15. The van der Waals surface area contributed by atoms with E-state index in [1.54, 1.807) is 19.9 Å². The summed E-state index contributed by atoms with van der Waals surface area (Å²) in [6.07, 6.45) is 0.534. The molecule has 0 bridgehead atoms. The summed E-state index contributed by atoms with van der Waals surface area (Å²) in [5, 5.41) is 9.56. The lowest BCUT2D eigenvalue weighted by atomic mass is 9.98. The highest BCUT2D eigenvalue weighted by Gasteiger charge is 2.16. The van der Waals surface area contributed by atoms with E-state index in [-0.39, 0.29) is 28.6 Å². The van der Waals surface area contributed by atoms with Crippen molar-refractivity contribution in [3.63, 3.8) is 0 Å². The second-order valence-corrected chi connectivity index (χ2v) is 3.38. The van der Waals surface area contributed by atoms with E-state index >= 15 is 0 Å². The summed E-state index contributed by atoms with van der Waals surface area (Å²) < 4.78 is 0. The van der Waals surface area contributed by atoms with Gasteiger partial charge < -0.3 is 5.11 Å². The number of aromatic hydroxyl groups is 1. The third-order valence-electron chi connectivity index (χ3n) is 1.98. The minimum Gasteiger partial charge on any atom is -0.506 e. The largest absolute Gasteiger partial charge is 0.506 e. The van der Waals surface area contributed by atoms with E-state index in [0.717, 1.165) is 0 Å². The van der Waals surface area contributed by atoms with Gasteiger partial charge in [-0.05, 0) is 12.1 Å². The molecule has 0 aliphatic heterocycles. The fraction of sp³-hybridized carbons (Fsp3) is 0.273. The Balaban J connectivity index is 3.22. The Kier molecular flexibility index (Phi) is 3.02. The number of para-hydroxylation sites is 1. The number of ketones is 1. The number of Topliss-reactive ketones (excluding diaryl/α,β-unsaturated/α-hetero) is 1. The molecule has 74 valence electrons. The van der Waals surface area contributed by atoms with Crippen molar-refractivity contribution in [3.05, 3.63) is 29.3 Å². The molecule has 1 aromatic rings. The van der Waals surface area contributed by atoms with Gasteiger partial charge in [-0.2, -0.15) is 0 Å². The fourth-order valence-electron chi connectivity index (χ4n) is 1.17. The monoisotopic (exact) mass is 192 g/mol. The van der Waals surface area contributed by atoms with Crippen molar-refractivity contribution in [1.82, 2.24) is 0 Å². The maximum Gasteiger partial charge on any atom is 0.169 e. The molecule has 0 aromatic heterocycles. The maximum absolute atomic E-state index is 11.6. The van der Waals surface area contributed by atoms with E-state index in [1.165, 1.54) is 12.1 Å². The minimum absolute atomic E-state index is 0.150. The Morgan fingerprint density at radius 2 is 2.07 bits per heavy atom. The van der Waals surface area contributed by atoms with Gasteiger partial charge in [-0.1, -0.05) is 19.9 Å². The van der Waals surface area contributed by atoms with Crippen LogP contribution in [0.4, 0.5) is 0 Å². The predicted molar refractivity (Wildman–Crippen MR) is 52.7 cm³/mol. The van der Waals surface area contributed by atoms with Crippen LogP contribution in [-0.4, -0.2) is 17.2 Å². The van der Waals surface area contributed by atoms with Crippen molar-refractivity contribution >= 4 is 12.1 Å². The Hall–Kier alpha value is -1.64. The molecular formula is C11H12O3. The smallest absolute Gasteiger partial charge is 0.169 e. The summed E-state index contributed by atoms with van der Waals surface area (Å²) in [6, 6.07) is 4.57. The molecule has 0 unspecified atom stereocenters. The molecule has 0 fully saturated rings. The molecule has 0 aliphatic rings. The molecule has 0 saturated carbocycles. The molecule has 0 saturated heterocycles. The van der Waals surface area contributed by atoms with Crippen LogP contribution in [0.3, 0.4) is 0 Å². The zero-order chi connectivity index (χ0) is 10.7. The van der Waals surface area contributed by atoms with Gasteiger partial charge in [-0.3, -0.25) is 9.59 Å². The van der Waals surface area contributed by atoms with Crippen LogP contribution >= 0.6 is 0 Å². The average Bonchev–Trinajstić information content (AvgIpc) is 2.17. The first-order chi connectivity index (χ1) is 6.57. The standard InChI is InChI=1S/C11H12O3/c1-7(2)10(13)9-5-3-4-8(6-12)11(9)14/h3-7,14H,1-2H3. The van der Waals surface area contributed by atoms with Crippen LogP contribution in [0.1, 0.15) is 34.6 Å². The van der Waals surface area contributed by atoms with Crippen LogP contribution in [0.25, 0.3) is 0 Å². The van der Waals surface area contributed by atoms with Gasteiger partial charge in [0.2, 0.25) is 0 Å². The number of benzene rings is 1. The number of carbonyl (C=O) groups excluding carboxylic acids is 2. The number of aldehydes is 1. The quantitative estimate of drug-likeness (QED) is 0.589. The van der Waals surface area contributed by atoms with Crippen molar-refractivity contribution in [2.45, 2.75) is 13.8 Å². The van der Waals surface area contributed by atoms with Crippen molar-refractivity contribution in [2.24, 2.45) is 5.92 Å². The van der Waals surface area contributed by atoms with Crippen LogP contribution in [0.2, 0.25) is 0 Å². The molecule has 14 heavy (non-hydrogen) atoms. The topological polar surface area (TPSA) is 54.4 Å². The lowest BCUT2D eigenvalue weighted by molar-refractivity contribution is 0.0936. The molecule has 0 amide bonds. The van der Waals surface area contributed by atoms with E-state index in [2.05, 4.69) is 0 Å². The summed E-state index contributed by atoms with van der Waals surface area (Å²) in [7, 11) is 0. The van der Waals surface area contributed by atoms with Crippen molar-refractivity contribution in [2.75, 3.05) is 0 Å². The molecule has 0 radical (unpaired) electrons. The Morgan fingerprint density at radius 3 is 2.57 bits per heavy atom. The predicted octanol–water partition coefficient (Wildman–Crippen LogP) is 2.04. The summed E-state index contributed by atoms with van der Waals surface area (Å²) in [5.74, 6) is -0.574. The van der Waals surface area contributed by atoms with E-state index in [4.69, 9.17) is 0 Å². The molecule has 0 heterocycles. The Bertz CT molecular complexity index is 367. The van der Waals surface area contributed by atoms with Crippen LogP contribution < -0.4 is 0 Å². The van der Waals surface area contributed by atoms with Gasteiger partial charge >= 0.3 is 0 Å². The first-order valence-corrected chi connectivity index (χ1v) is 4.39. The normalized spacial score (nSPS) is 10.2. The molecule has 0 aliphatic carbocycles. The van der Waals surface area contributed by atoms with Gasteiger partial charge in [0, 0.05) is 5.92 Å². The van der Waals surface area contributed by atoms with Crippen molar-refractivity contribution in [3.8, 4) is 5.75 Å². The third-order valence-corrected chi connectivity index (χ3v) is 1.98. The zero-order valence-electron chi connectivity index (χ0n) is 8.15. The van der Waals surface area contributed by atoms with Crippen molar-refractivity contribution < 1.29 is 14.7 Å². The number of carbonyl (C=O) groups is 2. The summed E-state index contributed by atoms with van der Waals surface area (Å²) in [5.41, 5.74) is 0.362. The van der Waals surface area contributed by atoms with Gasteiger partial charge in [0.15, 0.2) is 12.1 Å². The molecular weight excluding hydrogens is 180 g/mol. The van der Waals surface area contributed by atoms with Gasteiger partial charge in [0.05, 0.1) is 11.1 Å². The first kappa shape index (κ1) is 10.4. The fourth-order valence-corrected chi connectivity index (χ4v) is 1.17. The Labute approximate surface area is 82.4 Å².